The van der Waals surface area contributed by atoms with Gasteiger partial charge in [0.25, 0.3) is 0 Å². The highest BCUT2D eigenvalue weighted by Gasteiger charge is 2.28. The van der Waals surface area contributed by atoms with Crippen molar-refractivity contribution < 1.29 is 32.9 Å². The van der Waals surface area contributed by atoms with Gasteiger partial charge in [0.05, 0.1) is 39.9 Å². The topological polar surface area (TPSA) is 105 Å². The Kier molecular flexibility index (Phi) is 67.7. The van der Waals surface area contributed by atoms with Crippen LogP contribution in [-0.2, 0) is 18.4 Å². The first-order valence-corrected chi connectivity index (χ1v) is 39.6. The molecule has 0 aromatic carbocycles. The highest BCUT2D eigenvalue weighted by molar-refractivity contribution is 7.47. The van der Waals surface area contributed by atoms with Crippen LogP contribution in [0, 0.1) is 0 Å². The van der Waals surface area contributed by atoms with Crippen LogP contribution in [0.5, 0.6) is 0 Å². The van der Waals surface area contributed by atoms with Crippen LogP contribution in [0.15, 0.2) is 97.2 Å². The van der Waals surface area contributed by atoms with Gasteiger partial charge in [0, 0.05) is 6.42 Å². The molecule has 0 radical (unpaired) electrons. The summed E-state index contributed by atoms with van der Waals surface area (Å²) in [7, 11) is 1.58. The first-order chi connectivity index (χ1) is 43.5. The van der Waals surface area contributed by atoms with Crippen molar-refractivity contribution in [1.29, 1.82) is 0 Å². The molecule has 0 aromatic rings. The smallest absolute Gasteiger partial charge is 0.387 e. The minimum absolute atomic E-state index is 0.0588. The van der Waals surface area contributed by atoms with Crippen molar-refractivity contribution in [2.45, 2.75) is 366 Å². The van der Waals surface area contributed by atoms with Crippen LogP contribution >= 0.6 is 7.82 Å². The molecule has 0 aliphatic rings. The number of quaternary nitrogens is 1. The van der Waals surface area contributed by atoms with E-state index in [1.807, 2.05) is 27.2 Å². The van der Waals surface area contributed by atoms with Gasteiger partial charge in [-0.25, -0.2) is 4.57 Å². The molecule has 1 amide bonds. The maximum Gasteiger partial charge on any atom is 0.472 e. The summed E-state index contributed by atoms with van der Waals surface area (Å²) in [6, 6.07) is -0.855. The van der Waals surface area contributed by atoms with Gasteiger partial charge >= 0.3 is 7.82 Å². The molecule has 518 valence electrons. The lowest BCUT2D eigenvalue weighted by Gasteiger charge is -2.25. The van der Waals surface area contributed by atoms with Gasteiger partial charge in [0.2, 0.25) is 5.91 Å². The molecule has 0 heterocycles. The number of hydrogen-bond donors (Lipinski definition) is 3. The average molecular weight is 1270 g/mol. The number of amides is 1. The van der Waals surface area contributed by atoms with Gasteiger partial charge in [0.15, 0.2) is 0 Å². The Bertz CT molecular complexity index is 1780. The number of likely N-dealkylation sites (N-methyl/N-ethyl adjacent to an activating group) is 1. The summed E-state index contributed by atoms with van der Waals surface area (Å²) < 4.78 is 23.9. The molecular weight excluding hydrogens is 1120 g/mol. The normalized spacial score (nSPS) is 14.1. The van der Waals surface area contributed by atoms with Gasteiger partial charge in [-0.1, -0.05) is 368 Å². The van der Waals surface area contributed by atoms with E-state index in [0.717, 1.165) is 83.5 Å². The fourth-order valence-electron chi connectivity index (χ4n) is 11.2. The van der Waals surface area contributed by atoms with E-state index in [0.29, 0.717) is 17.4 Å². The summed E-state index contributed by atoms with van der Waals surface area (Å²) in [5.41, 5.74) is 0. The molecular formula is C80H148N2O6P+. The first-order valence-electron chi connectivity index (χ1n) is 38.1. The zero-order valence-corrected chi connectivity index (χ0v) is 60.3. The quantitative estimate of drug-likeness (QED) is 0.0243. The molecule has 0 rings (SSSR count). The Morgan fingerprint density at radius 2 is 0.674 bits per heavy atom. The minimum atomic E-state index is -4.36. The first kappa shape index (κ1) is 86.4. The minimum Gasteiger partial charge on any atom is -0.387 e. The number of rotatable bonds is 70. The Morgan fingerprint density at radius 3 is 0.989 bits per heavy atom. The van der Waals surface area contributed by atoms with Crippen LogP contribution in [0.25, 0.3) is 0 Å². The maximum absolute atomic E-state index is 13.1. The monoisotopic (exact) mass is 1260 g/mol. The number of phosphoric ester groups is 1. The molecule has 0 bridgehead atoms. The van der Waals surface area contributed by atoms with Gasteiger partial charge in [-0.05, 0) is 77.0 Å². The summed E-state index contributed by atoms with van der Waals surface area (Å²) >= 11 is 0. The molecule has 0 saturated heterocycles. The molecule has 3 unspecified atom stereocenters. The highest BCUT2D eigenvalue weighted by Crippen LogP contribution is 2.43. The summed E-state index contributed by atoms with van der Waals surface area (Å²) in [5.74, 6) is -0.177. The lowest BCUT2D eigenvalue weighted by Crippen LogP contribution is -2.45. The largest absolute Gasteiger partial charge is 0.472 e. The predicted molar refractivity (Wildman–Crippen MR) is 392 cm³/mol. The number of aliphatic hydroxyl groups is 1. The zero-order valence-electron chi connectivity index (χ0n) is 59.4. The van der Waals surface area contributed by atoms with Gasteiger partial charge in [-0.2, -0.15) is 0 Å². The lowest BCUT2D eigenvalue weighted by molar-refractivity contribution is -0.870. The highest BCUT2D eigenvalue weighted by atomic mass is 31.2. The molecule has 0 aromatic heterocycles. The summed E-state index contributed by atoms with van der Waals surface area (Å²) in [6.45, 7) is 4.74. The number of phosphoric acid groups is 1. The molecule has 0 saturated carbocycles. The number of nitrogens with zero attached hydrogens (tertiary/aromatic N) is 1. The van der Waals surface area contributed by atoms with E-state index in [1.165, 1.54) is 250 Å². The number of allylic oxidation sites excluding steroid dienone is 15. The summed E-state index contributed by atoms with van der Waals surface area (Å²) in [5, 5.41) is 14.0. The summed E-state index contributed by atoms with van der Waals surface area (Å²) in [6.07, 6.45) is 101. The molecule has 0 aliphatic heterocycles. The third-order valence-corrected chi connectivity index (χ3v) is 18.0. The number of carbonyl (C=O) groups excluding carboxylic acids is 1. The molecule has 9 heteroatoms. The van der Waals surface area contributed by atoms with Gasteiger partial charge in [-0.15, -0.1) is 0 Å². The van der Waals surface area contributed by atoms with Gasteiger partial charge in [0.1, 0.15) is 13.2 Å². The third kappa shape index (κ3) is 72.7. The zero-order chi connectivity index (χ0) is 64.8. The van der Waals surface area contributed by atoms with Crippen molar-refractivity contribution in [3.63, 3.8) is 0 Å². The Balaban J connectivity index is 4.04. The second kappa shape index (κ2) is 69.8. The van der Waals surface area contributed by atoms with Crippen molar-refractivity contribution in [3.05, 3.63) is 97.2 Å². The van der Waals surface area contributed by atoms with E-state index in [9.17, 15) is 19.4 Å². The van der Waals surface area contributed by atoms with Crippen molar-refractivity contribution in [1.82, 2.24) is 5.32 Å². The van der Waals surface area contributed by atoms with E-state index >= 15 is 0 Å². The third-order valence-electron chi connectivity index (χ3n) is 17.1. The number of nitrogens with one attached hydrogen (secondary N) is 1. The number of unbranched alkanes of at least 4 members (excludes halogenated alkanes) is 43. The Labute approximate surface area is 553 Å². The standard InChI is InChI=1S/C80H147N2O6P/c1-6-8-10-12-14-16-18-20-22-24-26-28-30-32-34-36-38-40-41-42-44-46-48-50-52-54-56-58-60-62-64-66-68-70-72-74-80(84)81-78(77-88-89(85,86)87-76-75-82(3,4)5)79(83)73-71-69-67-65-63-61-59-57-55-53-51-49-47-45-43-39-37-35-33-31-29-27-25-23-21-19-17-15-13-11-9-7-2/h8,10,14,16,20,22,26,28,32,34,38,40,42,44,71,73,78-79,83H,6-7,9,11-13,15,17-19,21,23-25,27,29-31,33,35-37,39,41,43,45-70,72,74-77H2,1-5H3,(H-,81,84,85,86)/p+1/b10-8-,16-14-,22-20-,28-26-,34-32-,40-38-,44-42-,73-71+. The molecule has 89 heavy (non-hydrogen) atoms. The van der Waals surface area contributed by atoms with Crippen molar-refractivity contribution in [3.8, 4) is 0 Å². The van der Waals surface area contributed by atoms with Crippen molar-refractivity contribution in [2.75, 3.05) is 40.9 Å². The van der Waals surface area contributed by atoms with E-state index in [1.54, 1.807) is 6.08 Å². The summed E-state index contributed by atoms with van der Waals surface area (Å²) in [4.78, 5) is 23.5. The number of aliphatic hydroxyl groups excluding tert-OH is 1. The van der Waals surface area contributed by atoms with Crippen LogP contribution in [-0.4, -0.2) is 73.4 Å². The fraction of sp³-hybridized carbons (Fsp3) is 0.787. The molecule has 0 spiro atoms. The van der Waals surface area contributed by atoms with Crippen LogP contribution in [0.1, 0.15) is 354 Å². The van der Waals surface area contributed by atoms with Gasteiger partial charge in [-0.3, -0.25) is 13.8 Å². The van der Waals surface area contributed by atoms with Crippen LogP contribution < -0.4 is 5.32 Å². The predicted octanol–water partition coefficient (Wildman–Crippen LogP) is 24.8. The SMILES string of the molecule is CC/C=C\C/C=C\C/C=C\C/C=C\C/C=C\C/C=C\C/C=C\CCCCCCCCCCCCCCCC(=O)NC(COP(=O)(O)OCC[N+](C)(C)C)C(O)/C=C/CCCCCCCCCCCCCCCCCCCCCCCCCCCCCCCC. The Morgan fingerprint density at radius 1 is 0.393 bits per heavy atom. The Hall–Kier alpha value is -2.58. The second-order valence-electron chi connectivity index (χ2n) is 27.0. The van der Waals surface area contributed by atoms with E-state index in [-0.39, 0.29) is 19.1 Å². The van der Waals surface area contributed by atoms with Crippen LogP contribution in [0.3, 0.4) is 0 Å². The van der Waals surface area contributed by atoms with Crippen LogP contribution in [0.4, 0.5) is 0 Å². The van der Waals surface area contributed by atoms with Crippen molar-refractivity contribution in [2.24, 2.45) is 0 Å². The van der Waals surface area contributed by atoms with E-state index in [2.05, 4.69) is 104 Å². The molecule has 0 fully saturated rings. The molecule has 3 N–H and O–H groups in total. The van der Waals surface area contributed by atoms with Gasteiger partial charge < -0.3 is 19.8 Å². The van der Waals surface area contributed by atoms with E-state index < -0.39 is 20.0 Å². The van der Waals surface area contributed by atoms with Crippen molar-refractivity contribution >= 4 is 13.7 Å². The number of carbonyl (C=O) groups is 1. The lowest BCUT2D eigenvalue weighted by atomic mass is 10.0. The van der Waals surface area contributed by atoms with Crippen LogP contribution in [0.2, 0.25) is 0 Å². The second-order valence-corrected chi connectivity index (χ2v) is 28.5. The molecule has 0 aliphatic carbocycles. The molecule has 8 nitrogen and oxygen atoms in total. The maximum atomic E-state index is 13.1. The number of hydrogen-bond acceptors (Lipinski definition) is 5. The average Bonchev–Trinajstić information content (AvgIpc) is 3.64. The van der Waals surface area contributed by atoms with E-state index in [4.69, 9.17) is 9.05 Å². The fourth-order valence-corrected chi connectivity index (χ4v) is 11.9. The molecule has 3 atom stereocenters.